The molecule has 3 aromatic rings. The van der Waals surface area contributed by atoms with E-state index in [4.69, 9.17) is 20.4 Å². The molecule has 1 aliphatic heterocycles. The van der Waals surface area contributed by atoms with Crippen molar-refractivity contribution in [1.82, 2.24) is 19.9 Å². The molecule has 2 aromatic heterocycles. The number of thiazole rings is 1. The van der Waals surface area contributed by atoms with Gasteiger partial charge in [0.2, 0.25) is 5.95 Å². The average Bonchev–Trinajstić information content (AvgIpc) is 3.35. The minimum absolute atomic E-state index is 0.400. The van der Waals surface area contributed by atoms with Crippen LogP contribution in [0.15, 0.2) is 61.0 Å². The van der Waals surface area contributed by atoms with Gasteiger partial charge in [0.15, 0.2) is 10.9 Å². The third kappa shape index (κ3) is 13.1. The zero-order valence-electron chi connectivity index (χ0n) is 21.5. The first-order chi connectivity index (χ1) is 19.5. The lowest BCUT2D eigenvalue weighted by Gasteiger charge is -2.34. The van der Waals surface area contributed by atoms with E-state index in [2.05, 4.69) is 36.1 Å². The number of anilines is 2. The number of aromatic nitrogens is 3. The van der Waals surface area contributed by atoms with E-state index in [1.165, 1.54) is 17.1 Å². The molecule has 4 rings (SSSR count). The molecule has 0 unspecified atom stereocenters. The normalized spacial score (nSPS) is 13.2. The first kappa shape index (κ1) is 32.3. The molecule has 0 atom stereocenters. The molecule has 1 aromatic carbocycles. The summed E-state index contributed by atoms with van der Waals surface area (Å²) in [5.41, 5.74) is 1.04. The summed E-state index contributed by atoms with van der Waals surface area (Å²) in [6.45, 7) is 5.44. The van der Waals surface area contributed by atoms with Gasteiger partial charge in [-0.05, 0) is 12.1 Å². The molecular weight excluding hydrogens is 563 g/mol. The molecule has 0 saturated carbocycles. The average molecular weight is 591 g/mol. The number of hydrogen-bond donors (Lipinski definition) is 5. The molecule has 5 N–H and O–H groups in total. The van der Waals surface area contributed by atoms with Crippen molar-refractivity contribution in [1.29, 1.82) is 0 Å². The lowest BCUT2D eigenvalue weighted by Crippen LogP contribution is -2.48. The van der Waals surface area contributed by atoms with Crippen LogP contribution in [0.3, 0.4) is 0 Å². The molecule has 0 radical (unpaired) electrons. The molecule has 1 saturated heterocycles. The number of carboxylic acids is 4. The Morgan fingerprint density at radius 3 is 1.85 bits per heavy atom. The van der Waals surface area contributed by atoms with E-state index < -0.39 is 29.7 Å². The van der Waals surface area contributed by atoms with Crippen LogP contribution in [0.25, 0.3) is 10.2 Å². The Hall–Kier alpha value is -4.96. The van der Waals surface area contributed by atoms with Crippen molar-refractivity contribution in [2.24, 2.45) is 0 Å². The minimum Gasteiger partial charge on any atom is -0.478 e. The first-order valence-electron chi connectivity index (χ1n) is 11.9. The molecule has 0 aliphatic carbocycles. The fourth-order valence-electron chi connectivity index (χ4n) is 3.19. The number of halogens is 1. The number of carboxylic acid groups (broad SMARTS) is 4. The molecule has 0 spiro atoms. The second-order valence-electron chi connectivity index (χ2n) is 7.96. The fraction of sp³-hybridized carbons (Fsp3) is 0.240. The van der Waals surface area contributed by atoms with Crippen molar-refractivity contribution in [3.63, 3.8) is 0 Å². The number of para-hydroxylation sites is 1. The maximum Gasteiger partial charge on any atom is 0.328 e. The minimum atomic E-state index is -1.26. The van der Waals surface area contributed by atoms with E-state index in [1.807, 2.05) is 18.2 Å². The summed E-state index contributed by atoms with van der Waals surface area (Å²) in [5, 5.41) is 35.6. The second kappa shape index (κ2) is 16.9. The maximum atomic E-state index is 12.9. The lowest BCUT2D eigenvalue weighted by atomic mass is 10.3. The van der Waals surface area contributed by atoms with E-state index >= 15 is 0 Å². The van der Waals surface area contributed by atoms with Gasteiger partial charge in [-0.25, -0.2) is 38.5 Å². The highest BCUT2D eigenvalue weighted by molar-refractivity contribution is 7.22. The topological polar surface area (TPSA) is 206 Å². The van der Waals surface area contributed by atoms with Crippen LogP contribution in [0.5, 0.6) is 0 Å². The van der Waals surface area contributed by atoms with Gasteiger partial charge in [-0.1, -0.05) is 23.5 Å². The third-order valence-electron chi connectivity index (χ3n) is 5.00. The predicted molar refractivity (Wildman–Crippen MR) is 148 cm³/mol. The molecule has 41 heavy (non-hydrogen) atoms. The number of rotatable bonds is 9. The molecule has 16 heteroatoms. The van der Waals surface area contributed by atoms with Crippen molar-refractivity contribution in [2.45, 2.75) is 0 Å². The Bertz CT molecular complexity index is 1270. The Morgan fingerprint density at radius 1 is 0.854 bits per heavy atom. The Kier molecular flexibility index (Phi) is 13.3. The van der Waals surface area contributed by atoms with Crippen LogP contribution in [-0.2, 0) is 19.2 Å². The van der Waals surface area contributed by atoms with Crippen LogP contribution >= 0.6 is 11.3 Å². The van der Waals surface area contributed by atoms with Gasteiger partial charge in [0, 0.05) is 63.6 Å². The van der Waals surface area contributed by atoms with Crippen LogP contribution in [-0.4, -0.2) is 103 Å². The number of benzene rings is 1. The van der Waals surface area contributed by atoms with E-state index in [0.717, 1.165) is 49.9 Å². The van der Waals surface area contributed by atoms with Gasteiger partial charge in [-0.2, -0.15) is 0 Å². The van der Waals surface area contributed by atoms with Gasteiger partial charge in [-0.3, -0.25) is 4.90 Å². The molecule has 1 fully saturated rings. The van der Waals surface area contributed by atoms with Crippen LogP contribution in [0.2, 0.25) is 0 Å². The maximum absolute atomic E-state index is 12.9. The molecular formula is C25H27FN6O8S. The zero-order chi connectivity index (χ0) is 30.2. The van der Waals surface area contributed by atoms with E-state index in [1.54, 1.807) is 11.3 Å². The molecule has 0 bridgehead atoms. The molecule has 14 nitrogen and oxygen atoms in total. The number of fused-ring (bicyclic) bond motifs is 1. The number of nitrogens with one attached hydrogen (secondary N) is 1. The van der Waals surface area contributed by atoms with Gasteiger partial charge in [-0.15, -0.1) is 0 Å². The molecule has 218 valence electrons. The number of nitrogens with zero attached hydrogens (tertiary/aromatic N) is 5. The standard InChI is InChI=1S/C17H19FN6S.2C4H4O4/c18-13-11-20-16(21-12-13)24-9-7-23(8-10-24)6-5-19-17-22-14-3-1-2-4-15(14)25-17;2*5-3(6)1-2-4(7)8/h1-4,11-12H,5-10H2,(H,19,22);2*1-2H,(H,5,6)(H,7,8)/b;2*2-1+. The van der Waals surface area contributed by atoms with Crippen LogP contribution < -0.4 is 10.2 Å². The second-order valence-corrected chi connectivity index (χ2v) is 8.99. The summed E-state index contributed by atoms with van der Waals surface area (Å²) in [7, 11) is 0. The highest BCUT2D eigenvalue weighted by atomic mass is 32.1. The summed E-state index contributed by atoms with van der Waals surface area (Å²) < 4.78 is 14.1. The number of aliphatic carboxylic acids is 4. The summed E-state index contributed by atoms with van der Waals surface area (Å²) >= 11 is 1.69. The van der Waals surface area contributed by atoms with Crippen molar-refractivity contribution < 1.29 is 44.0 Å². The summed E-state index contributed by atoms with van der Waals surface area (Å²) in [4.78, 5) is 55.4. The first-order valence-corrected chi connectivity index (χ1v) is 12.7. The van der Waals surface area contributed by atoms with Gasteiger partial charge < -0.3 is 30.6 Å². The Labute approximate surface area is 236 Å². The zero-order valence-corrected chi connectivity index (χ0v) is 22.3. The molecule has 1 aliphatic rings. The van der Waals surface area contributed by atoms with Crippen molar-refractivity contribution in [3.05, 3.63) is 66.8 Å². The molecule has 3 heterocycles. The number of carbonyl (C=O) groups is 4. The quantitative estimate of drug-likeness (QED) is 0.226. The summed E-state index contributed by atoms with van der Waals surface area (Å²) in [5.74, 6) is -4.82. The largest absolute Gasteiger partial charge is 0.478 e. The van der Waals surface area contributed by atoms with Crippen LogP contribution in [0.4, 0.5) is 15.5 Å². The number of hydrogen-bond acceptors (Lipinski definition) is 11. The summed E-state index contributed by atoms with van der Waals surface area (Å²) in [6.07, 6.45) is 4.67. The van der Waals surface area contributed by atoms with Crippen LogP contribution in [0.1, 0.15) is 0 Å². The van der Waals surface area contributed by atoms with Crippen LogP contribution in [0, 0.1) is 5.82 Å². The fourth-order valence-corrected chi connectivity index (χ4v) is 4.09. The highest BCUT2D eigenvalue weighted by Crippen LogP contribution is 2.25. The van der Waals surface area contributed by atoms with Crippen molar-refractivity contribution in [3.8, 4) is 0 Å². The highest BCUT2D eigenvalue weighted by Gasteiger charge is 2.18. The number of piperazine rings is 1. The summed E-state index contributed by atoms with van der Waals surface area (Å²) in [6, 6.07) is 8.17. The lowest BCUT2D eigenvalue weighted by molar-refractivity contribution is -0.134. The SMILES string of the molecule is Fc1cnc(N2CCN(CCNc3nc4ccccc4s3)CC2)nc1.O=C(O)/C=C/C(=O)O.O=C(O)/C=C/C(=O)O. The molecule has 0 amide bonds. The predicted octanol–water partition coefficient (Wildman–Crippen LogP) is 1.88. The van der Waals surface area contributed by atoms with Gasteiger partial charge in [0.25, 0.3) is 0 Å². The van der Waals surface area contributed by atoms with E-state index in [9.17, 15) is 23.6 Å². The van der Waals surface area contributed by atoms with Crippen molar-refractivity contribution >= 4 is 56.5 Å². The van der Waals surface area contributed by atoms with E-state index in [-0.39, 0.29) is 0 Å². The smallest absolute Gasteiger partial charge is 0.328 e. The van der Waals surface area contributed by atoms with E-state index in [0.29, 0.717) is 30.3 Å². The van der Waals surface area contributed by atoms with Crippen molar-refractivity contribution in [2.75, 3.05) is 49.5 Å². The monoisotopic (exact) mass is 590 g/mol. The third-order valence-corrected chi connectivity index (χ3v) is 5.99. The van der Waals surface area contributed by atoms with Gasteiger partial charge >= 0.3 is 23.9 Å². The Morgan fingerprint density at radius 2 is 1.37 bits per heavy atom. The van der Waals surface area contributed by atoms with Gasteiger partial charge in [0.1, 0.15) is 0 Å². The Balaban J connectivity index is 0.000000304. The van der Waals surface area contributed by atoms with Gasteiger partial charge in [0.05, 0.1) is 22.6 Å².